The van der Waals surface area contributed by atoms with Gasteiger partial charge in [-0.3, -0.25) is 4.79 Å². The molecule has 0 saturated heterocycles. The van der Waals surface area contributed by atoms with Crippen LogP contribution in [0.4, 0.5) is 0 Å². The van der Waals surface area contributed by atoms with Crippen molar-refractivity contribution in [1.82, 2.24) is 0 Å². The number of hydrogen-bond donors (Lipinski definition) is 1. The summed E-state index contributed by atoms with van der Waals surface area (Å²) in [7, 11) is 0. The lowest BCUT2D eigenvalue weighted by atomic mass is 10.0. The zero-order valence-corrected chi connectivity index (χ0v) is 10.8. The lowest BCUT2D eigenvalue weighted by Gasteiger charge is -2.05. The Labute approximate surface area is 103 Å². The molecule has 0 bridgehead atoms. The van der Waals surface area contributed by atoms with Crippen molar-refractivity contribution in [2.24, 2.45) is 0 Å². The molecule has 0 aliphatic rings. The highest BCUT2D eigenvalue weighted by Gasteiger charge is 1.98. The second kappa shape index (κ2) is 6.24. The molecule has 0 heterocycles. The van der Waals surface area contributed by atoms with Gasteiger partial charge in [0.2, 0.25) is 0 Å². The van der Waals surface area contributed by atoms with Crippen LogP contribution >= 0.6 is 0 Å². The smallest absolute Gasteiger partial charge is 0.303 e. The Morgan fingerprint density at radius 2 is 1.82 bits per heavy atom. The van der Waals surface area contributed by atoms with Crippen LogP contribution < -0.4 is 0 Å². The fourth-order valence-corrected chi connectivity index (χ4v) is 1.74. The molecule has 0 spiro atoms. The average Bonchev–Trinajstić information content (AvgIpc) is 2.24. The highest BCUT2D eigenvalue weighted by molar-refractivity contribution is 5.66. The number of carbonyl (C=O) groups is 1. The molecular weight excluding hydrogens is 212 g/mol. The molecule has 1 rings (SSSR count). The first-order valence-electron chi connectivity index (χ1n) is 5.97. The van der Waals surface area contributed by atoms with Crippen LogP contribution in [0.25, 0.3) is 6.08 Å². The van der Waals surface area contributed by atoms with Crippen LogP contribution in [0.3, 0.4) is 0 Å². The molecule has 0 unspecified atom stereocenters. The van der Waals surface area contributed by atoms with Gasteiger partial charge in [0, 0.05) is 6.42 Å². The SMILES string of the molecule is Cc1cc(C)c(/C=C/CCCC(=O)O)cc1C. The van der Waals surface area contributed by atoms with Gasteiger partial charge < -0.3 is 5.11 Å². The molecule has 1 aromatic rings. The number of rotatable bonds is 5. The summed E-state index contributed by atoms with van der Waals surface area (Å²) in [5.41, 5.74) is 5.09. The van der Waals surface area contributed by atoms with E-state index in [2.05, 4.69) is 45.1 Å². The number of benzene rings is 1. The van der Waals surface area contributed by atoms with Crippen LogP contribution in [-0.4, -0.2) is 11.1 Å². The summed E-state index contributed by atoms with van der Waals surface area (Å²) in [6, 6.07) is 4.37. The third-order valence-corrected chi connectivity index (χ3v) is 2.94. The maximum absolute atomic E-state index is 10.3. The van der Waals surface area contributed by atoms with Crippen LogP contribution in [0.2, 0.25) is 0 Å². The number of aliphatic carboxylic acids is 1. The maximum Gasteiger partial charge on any atom is 0.303 e. The van der Waals surface area contributed by atoms with Crippen molar-refractivity contribution in [3.05, 3.63) is 40.5 Å². The molecule has 0 aromatic heterocycles. The van der Waals surface area contributed by atoms with Crippen molar-refractivity contribution in [3.63, 3.8) is 0 Å². The summed E-state index contributed by atoms with van der Waals surface area (Å²) in [4.78, 5) is 10.3. The molecule has 2 nitrogen and oxygen atoms in total. The maximum atomic E-state index is 10.3. The predicted octanol–water partition coefficient (Wildman–Crippen LogP) is 3.88. The number of carboxylic acid groups (broad SMARTS) is 1. The first-order chi connectivity index (χ1) is 8.00. The van der Waals surface area contributed by atoms with Gasteiger partial charge in [-0.2, -0.15) is 0 Å². The number of carboxylic acids is 1. The molecule has 17 heavy (non-hydrogen) atoms. The van der Waals surface area contributed by atoms with E-state index in [0.29, 0.717) is 6.42 Å². The standard InChI is InChI=1S/C15H20O2/c1-11-9-13(3)14(10-12(11)2)7-5-4-6-8-15(16)17/h5,7,9-10H,4,6,8H2,1-3H3,(H,16,17)/b7-5+. The third-order valence-electron chi connectivity index (χ3n) is 2.94. The normalized spacial score (nSPS) is 11.0. The first-order valence-corrected chi connectivity index (χ1v) is 5.97. The van der Waals surface area contributed by atoms with Crippen LogP contribution in [0, 0.1) is 20.8 Å². The van der Waals surface area contributed by atoms with Gasteiger partial charge >= 0.3 is 5.97 Å². The summed E-state index contributed by atoms with van der Waals surface area (Å²) in [6.45, 7) is 6.32. The Morgan fingerprint density at radius 1 is 1.18 bits per heavy atom. The molecule has 0 atom stereocenters. The van der Waals surface area contributed by atoms with E-state index in [1.165, 1.54) is 22.3 Å². The van der Waals surface area contributed by atoms with Gasteiger partial charge in [-0.25, -0.2) is 0 Å². The zero-order chi connectivity index (χ0) is 12.8. The fraction of sp³-hybridized carbons (Fsp3) is 0.400. The van der Waals surface area contributed by atoms with E-state index in [-0.39, 0.29) is 6.42 Å². The number of aryl methyl sites for hydroxylation is 3. The van der Waals surface area contributed by atoms with Crippen molar-refractivity contribution in [2.45, 2.75) is 40.0 Å². The fourth-order valence-electron chi connectivity index (χ4n) is 1.74. The minimum atomic E-state index is -0.722. The largest absolute Gasteiger partial charge is 0.481 e. The van der Waals surface area contributed by atoms with E-state index in [0.717, 1.165) is 6.42 Å². The van der Waals surface area contributed by atoms with Gasteiger partial charge in [0.05, 0.1) is 0 Å². The second-order valence-electron chi connectivity index (χ2n) is 4.48. The van der Waals surface area contributed by atoms with Gasteiger partial charge in [0.1, 0.15) is 0 Å². The summed E-state index contributed by atoms with van der Waals surface area (Å²) in [5, 5.41) is 8.52. The zero-order valence-electron chi connectivity index (χ0n) is 10.8. The lowest BCUT2D eigenvalue weighted by Crippen LogP contribution is -1.92. The molecule has 1 aromatic carbocycles. The molecule has 0 aliphatic heterocycles. The third kappa shape index (κ3) is 4.43. The summed E-state index contributed by atoms with van der Waals surface area (Å²) in [5.74, 6) is -0.722. The summed E-state index contributed by atoms with van der Waals surface area (Å²) >= 11 is 0. The van der Waals surface area contributed by atoms with Crippen molar-refractivity contribution in [2.75, 3.05) is 0 Å². The van der Waals surface area contributed by atoms with Crippen molar-refractivity contribution >= 4 is 12.0 Å². The molecule has 92 valence electrons. The van der Waals surface area contributed by atoms with E-state index in [9.17, 15) is 4.79 Å². The Kier molecular flexibility index (Phi) is 4.95. The molecule has 0 saturated carbocycles. The van der Waals surface area contributed by atoms with Crippen molar-refractivity contribution in [3.8, 4) is 0 Å². The van der Waals surface area contributed by atoms with Crippen molar-refractivity contribution < 1.29 is 9.90 Å². The molecule has 0 fully saturated rings. The minimum Gasteiger partial charge on any atom is -0.481 e. The Hall–Kier alpha value is -1.57. The van der Waals surface area contributed by atoms with E-state index in [1.54, 1.807) is 0 Å². The van der Waals surface area contributed by atoms with Gasteiger partial charge in [-0.15, -0.1) is 0 Å². The molecular formula is C15H20O2. The number of allylic oxidation sites excluding steroid dienone is 1. The minimum absolute atomic E-state index is 0.246. The van der Waals surface area contributed by atoms with Gasteiger partial charge in [0.15, 0.2) is 0 Å². The van der Waals surface area contributed by atoms with Gasteiger partial charge in [-0.1, -0.05) is 24.3 Å². The number of unbranched alkanes of at least 4 members (excludes halogenated alkanes) is 1. The van der Waals surface area contributed by atoms with Crippen LogP contribution in [0.15, 0.2) is 18.2 Å². The highest BCUT2D eigenvalue weighted by atomic mass is 16.4. The van der Waals surface area contributed by atoms with Crippen LogP contribution in [-0.2, 0) is 4.79 Å². The lowest BCUT2D eigenvalue weighted by molar-refractivity contribution is -0.137. The molecule has 0 amide bonds. The van der Waals surface area contributed by atoms with Crippen LogP contribution in [0.5, 0.6) is 0 Å². The van der Waals surface area contributed by atoms with Gasteiger partial charge in [0.25, 0.3) is 0 Å². The summed E-state index contributed by atoms with van der Waals surface area (Å²) < 4.78 is 0. The van der Waals surface area contributed by atoms with E-state index in [4.69, 9.17) is 5.11 Å². The van der Waals surface area contributed by atoms with Crippen molar-refractivity contribution in [1.29, 1.82) is 0 Å². The van der Waals surface area contributed by atoms with E-state index in [1.807, 2.05) is 0 Å². The average molecular weight is 232 g/mol. The Bertz CT molecular complexity index is 431. The Balaban J connectivity index is 2.59. The second-order valence-corrected chi connectivity index (χ2v) is 4.48. The first kappa shape index (κ1) is 13.5. The highest BCUT2D eigenvalue weighted by Crippen LogP contribution is 2.17. The topological polar surface area (TPSA) is 37.3 Å². The predicted molar refractivity (Wildman–Crippen MR) is 71.2 cm³/mol. The molecule has 2 heteroatoms. The van der Waals surface area contributed by atoms with E-state index >= 15 is 0 Å². The van der Waals surface area contributed by atoms with E-state index < -0.39 is 5.97 Å². The summed E-state index contributed by atoms with van der Waals surface area (Å²) in [6.07, 6.45) is 5.91. The van der Waals surface area contributed by atoms with Crippen LogP contribution in [0.1, 0.15) is 41.5 Å². The molecule has 0 radical (unpaired) electrons. The number of hydrogen-bond acceptors (Lipinski definition) is 1. The quantitative estimate of drug-likeness (QED) is 0.782. The van der Waals surface area contributed by atoms with Gasteiger partial charge in [-0.05, 0) is 55.9 Å². The monoisotopic (exact) mass is 232 g/mol. The molecule has 1 N–H and O–H groups in total. The Morgan fingerprint density at radius 3 is 2.47 bits per heavy atom. The molecule has 0 aliphatic carbocycles.